The largest absolute Gasteiger partial charge is 0.352 e. The van der Waals surface area contributed by atoms with E-state index in [1.54, 1.807) is 6.20 Å². The molecule has 0 spiro atoms. The number of aromatic nitrogens is 3. The van der Waals surface area contributed by atoms with Crippen molar-refractivity contribution in [3.63, 3.8) is 0 Å². The predicted molar refractivity (Wildman–Crippen MR) is 106 cm³/mol. The summed E-state index contributed by atoms with van der Waals surface area (Å²) in [6.07, 6.45) is 8.93. The molecule has 1 aromatic carbocycles. The lowest BCUT2D eigenvalue weighted by atomic mass is 10.0. The fourth-order valence-electron chi connectivity index (χ4n) is 3.02. The van der Waals surface area contributed by atoms with Crippen molar-refractivity contribution in [2.75, 3.05) is 5.32 Å². The number of amides is 1. The van der Waals surface area contributed by atoms with Crippen LogP contribution >= 0.6 is 0 Å². The van der Waals surface area contributed by atoms with Crippen molar-refractivity contribution < 1.29 is 4.79 Å². The highest BCUT2D eigenvalue weighted by molar-refractivity contribution is 6.13. The van der Waals surface area contributed by atoms with E-state index < -0.39 is 0 Å². The van der Waals surface area contributed by atoms with Crippen molar-refractivity contribution in [2.45, 2.75) is 27.2 Å². The maximum absolute atomic E-state index is 10.8. The standard InChI is InChI=1S/C15H15N3O.C6H7N/c1-3-10-4-11-14-9(2)6-16-7-13(14)18-15(11)12(5-10)17-8-19;1-6-3-2-4-7-5-6/h4-8,18H,3H2,1-2H3,(H,17,19);2-5H,1H3. The van der Waals surface area contributed by atoms with Crippen molar-refractivity contribution in [3.8, 4) is 0 Å². The van der Waals surface area contributed by atoms with Gasteiger partial charge in [0, 0.05) is 29.4 Å². The molecular weight excluding hydrogens is 324 g/mol. The molecule has 0 aliphatic heterocycles. The number of nitrogens with one attached hydrogen (secondary N) is 2. The normalized spacial score (nSPS) is 10.4. The first-order chi connectivity index (χ1) is 12.6. The van der Waals surface area contributed by atoms with Crippen LogP contribution in [0.25, 0.3) is 21.8 Å². The van der Waals surface area contributed by atoms with E-state index in [4.69, 9.17) is 0 Å². The zero-order valence-corrected chi connectivity index (χ0v) is 15.2. The van der Waals surface area contributed by atoms with Gasteiger partial charge in [0.15, 0.2) is 0 Å². The van der Waals surface area contributed by atoms with Gasteiger partial charge in [-0.1, -0.05) is 13.0 Å². The molecule has 3 aromatic heterocycles. The lowest BCUT2D eigenvalue weighted by Gasteiger charge is -2.05. The third kappa shape index (κ3) is 3.57. The second kappa shape index (κ2) is 7.78. The second-order valence-corrected chi connectivity index (χ2v) is 6.22. The van der Waals surface area contributed by atoms with Gasteiger partial charge in [0.25, 0.3) is 0 Å². The molecule has 0 unspecified atom stereocenters. The van der Waals surface area contributed by atoms with Crippen LogP contribution in [0.4, 0.5) is 5.69 Å². The van der Waals surface area contributed by atoms with Gasteiger partial charge in [0.1, 0.15) is 0 Å². The van der Waals surface area contributed by atoms with Crippen molar-refractivity contribution in [1.82, 2.24) is 15.0 Å². The Morgan fingerprint density at radius 2 is 2.00 bits per heavy atom. The summed E-state index contributed by atoms with van der Waals surface area (Å²) in [7, 11) is 0. The van der Waals surface area contributed by atoms with Crippen molar-refractivity contribution in [1.29, 1.82) is 0 Å². The van der Waals surface area contributed by atoms with E-state index in [1.165, 1.54) is 16.5 Å². The average molecular weight is 346 g/mol. The molecule has 3 heterocycles. The van der Waals surface area contributed by atoms with Crippen LogP contribution in [-0.2, 0) is 11.2 Å². The summed E-state index contributed by atoms with van der Waals surface area (Å²) in [6.45, 7) is 6.18. The lowest BCUT2D eigenvalue weighted by Crippen LogP contribution is -1.96. The molecule has 0 saturated carbocycles. The average Bonchev–Trinajstić information content (AvgIpc) is 3.03. The molecule has 1 amide bonds. The van der Waals surface area contributed by atoms with Crippen LogP contribution in [0.2, 0.25) is 0 Å². The maximum Gasteiger partial charge on any atom is 0.211 e. The molecule has 2 N–H and O–H groups in total. The molecular formula is C21H22N4O. The number of fused-ring (bicyclic) bond motifs is 3. The molecule has 5 nitrogen and oxygen atoms in total. The van der Waals surface area contributed by atoms with E-state index in [-0.39, 0.29) is 0 Å². The number of carbonyl (C=O) groups excluding carboxylic acids is 1. The van der Waals surface area contributed by atoms with Gasteiger partial charge in [-0.2, -0.15) is 0 Å². The SMILES string of the molecule is CCc1cc(NC=O)c2[nH]c3cncc(C)c3c2c1.Cc1cccnc1. The van der Waals surface area contributed by atoms with Crippen molar-refractivity contribution in [2.24, 2.45) is 0 Å². The third-order valence-electron chi connectivity index (χ3n) is 4.29. The maximum atomic E-state index is 10.8. The third-order valence-corrected chi connectivity index (χ3v) is 4.29. The van der Waals surface area contributed by atoms with Gasteiger partial charge >= 0.3 is 0 Å². The summed E-state index contributed by atoms with van der Waals surface area (Å²) in [5.74, 6) is 0. The minimum absolute atomic E-state index is 0.713. The molecule has 0 aliphatic rings. The molecule has 0 fully saturated rings. The van der Waals surface area contributed by atoms with Gasteiger partial charge in [0.2, 0.25) is 6.41 Å². The topological polar surface area (TPSA) is 70.7 Å². The number of hydrogen-bond acceptors (Lipinski definition) is 3. The molecule has 0 saturated heterocycles. The highest BCUT2D eigenvalue weighted by Crippen LogP contribution is 2.33. The first-order valence-corrected chi connectivity index (χ1v) is 8.59. The summed E-state index contributed by atoms with van der Waals surface area (Å²) in [6, 6.07) is 8.13. The van der Waals surface area contributed by atoms with Gasteiger partial charge in [-0.25, -0.2) is 0 Å². The quantitative estimate of drug-likeness (QED) is 0.535. The number of benzene rings is 1. The van der Waals surface area contributed by atoms with Crippen molar-refractivity contribution >= 4 is 33.9 Å². The number of nitrogens with zero attached hydrogens (tertiary/aromatic N) is 2. The zero-order valence-electron chi connectivity index (χ0n) is 15.2. The van der Waals surface area contributed by atoms with Crippen LogP contribution in [0, 0.1) is 13.8 Å². The van der Waals surface area contributed by atoms with E-state index in [0.717, 1.165) is 34.1 Å². The molecule has 26 heavy (non-hydrogen) atoms. The van der Waals surface area contributed by atoms with E-state index in [1.807, 2.05) is 50.6 Å². The molecule has 132 valence electrons. The van der Waals surface area contributed by atoms with Crippen LogP contribution in [-0.4, -0.2) is 21.4 Å². The monoisotopic (exact) mass is 346 g/mol. The molecule has 0 aliphatic carbocycles. The van der Waals surface area contributed by atoms with Crippen molar-refractivity contribution in [3.05, 3.63) is 65.7 Å². The summed E-state index contributed by atoms with van der Waals surface area (Å²) >= 11 is 0. The number of rotatable bonds is 3. The Labute approximate surface area is 152 Å². The fraction of sp³-hybridized carbons (Fsp3) is 0.190. The number of aryl methyl sites for hydroxylation is 3. The fourth-order valence-corrected chi connectivity index (χ4v) is 3.02. The number of pyridine rings is 2. The van der Waals surface area contributed by atoms with E-state index in [2.05, 4.69) is 33.3 Å². The van der Waals surface area contributed by atoms with Gasteiger partial charge < -0.3 is 10.3 Å². The number of carbonyl (C=O) groups is 1. The Bertz CT molecular complexity index is 1040. The Balaban J connectivity index is 0.000000236. The van der Waals surface area contributed by atoms with Crippen LogP contribution in [0.15, 0.2) is 49.1 Å². The zero-order chi connectivity index (χ0) is 18.5. The second-order valence-electron chi connectivity index (χ2n) is 6.22. The van der Waals surface area contributed by atoms with Crippen LogP contribution in [0.3, 0.4) is 0 Å². The Kier molecular flexibility index (Phi) is 5.27. The first-order valence-electron chi connectivity index (χ1n) is 8.59. The molecule has 0 atom stereocenters. The van der Waals surface area contributed by atoms with E-state index in [9.17, 15) is 4.79 Å². The molecule has 0 bridgehead atoms. The van der Waals surface area contributed by atoms with Gasteiger partial charge in [0.05, 0.1) is 22.9 Å². The summed E-state index contributed by atoms with van der Waals surface area (Å²) in [4.78, 5) is 22.2. The minimum Gasteiger partial charge on any atom is -0.352 e. The lowest BCUT2D eigenvalue weighted by molar-refractivity contribution is -0.105. The Morgan fingerprint density at radius 3 is 2.62 bits per heavy atom. The molecule has 5 heteroatoms. The smallest absolute Gasteiger partial charge is 0.211 e. The van der Waals surface area contributed by atoms with Gasteiger partial charge in [-0.3, -0.25) is 14.8 Å². The summed E-state index contributed by atoms with van der Waals surface area (Å²) in [5, 5.41) is 5.09. The minimum atomic E-state index is 0.713. The predicted octanol–water partition coefficient (Wildman–Crippen LogP) is 4.55. The first kappa shape index (κ1) is 17.6. The van der Waals surface area contributed by atoms with E-state index in [0.29, 0.717) is 6.41 Å². The van der Waals surface area contributed by atoms with Crippen LogP contribution < -0.4 is 5.32 Å². The van der Waals surface area contributed by atoms with Crippen LogP contribution in [0.1, 0.15) is 23.6 Å². The molecule has 4 rings (SSSR count). The van der Waals surface area contributed by atoms with Crippen LogP contribution in [0.5, 0.6) is 0 Å². The van der Waals surface area contributed by atoms with E-state index >= 15 is 0 Å². The highest BCUT2D eigenvalue weighted by atomic mass is 16.1. The number of hydrogen-bond donors (Lipinski definition) is 2. The summed E-state index contributed by atoms with van der Waals surface area (Å²) < 4.78 is 0. The molecule has 0 radical (unpaired) electrons. The number of aromatic amines is 1. The molecule has 4 aromatic rings. The van der Waals surface area contributed by atoms with Gasteiger partial charge in [-0.05, 0) is 55.2 Å². The Hall–Kier alpha value is -3.21. The summed E-state index contributed by atoms with van der Waals surface area (Å²) in [5.41, 5.74) is 6.32. The van der Waals surface area contributed by atoms with Gasteiger partial charge in [-0.15, -0.1) is 0 Å². The number of H-pyrrole nitrogens is 1. The number of anilines is 1. The highest BCUT2D eigenvalue weighted by Gasteiger charge is 2.11. The Morgan fingerprint density at radius 1 is 1.15 bits per heavy atom.